The average Bonchev–Trinajstić information content (AvgIpc) is 2.96. The summed E-state index contributed by atoms with van der Waals surface area (Å²) in [5, 5.41) is 6.80. The van der Waals surface area contributed by atoms with Crippen molar-refractivity contribution in [1.29, 1.82) is 0 Å². The number of aliphatic imine (C=N–C) groups is 1. The minimum absolute atomic E-state index is 0.678. The normalized spacial score (nSPS) is 16.3. The number of nitrogens with one attached hydrogen (secondary N) is 2. The zero-order chi connectivity index (χ0) is 21.2. The molecule has 0 bridgehead atoms. The van der Waals surface area contributed by atoms with Gasteiger partial charge in [0.25, 0.3) is 0 Å². The van der Waals surface area contributed by atoms with Gasteiger partial charge in [0.1, 0.15) is 0 Å². The molecular formula is C25H37N5. The largest absolute Gasteiger partial charge is 0.357 e. The Morgan fingerprint density at radius 3 is 2.47 bits per heavy atom. The summed E-state index contributed by atoms with van der Waals surface area (Å²) in [6, 6.07) is 17.4. The van der Waals surface area contributed by atoms with E-state index in [-0.39, 0.29) is 0 Å². The molecule has 0 radical (unpaired) electrons. The summed E-state index contributed by atoms with van der Waals surface area (Å²) in [4.78, 5) is 9.76. The van der Waals surface area contributed by atoms with Gasteiger partial charge in [-0.3, -0.25) is 4.90 Å². The molecule has 0 spiro atoms. The zero-order valence-corrected chi connectivity index (χ0v) is 18.8. The van der Waals surface area contributed by atoms with Crippen LogP contribution >= 0.6 is 0 Å². The van der Waals surface area contributed by atoms with E-state index in [0.29, 0.717) is 6.54 Å². The predicted octanol–water partition coefficient (Wildman–Crippen LogP) is 3.39. The SMILES string of the molecule is CCNC(=NCc1ccc(CN2CCCN(C)CC2)cc1)NCc1ccccc1C. The fourth-order valence-corrected chi connectivity index (χ4v) is 3.77. The van der Waals surface area contributed by atoms with Crippen molar-refractivity contribution in [3.8, 4) is 0 Å². The van der Waals surface area contributed by atoms with Crippen molar-refractivity contribution in [2.75, 3.05) is 39.8 Å². The standard InChI is InChI=1S/C25H37N5/c1-4-26-25(28-19-24-9-6-5-8-21(24)2)27-18-22-10-12-23(13-11-22)20-30-15-7-14-29(3)16-17-30/h5-6,8-13H,4,7,14-20H2,1-3H3,(H2,26,27,28). The number of hydrogen-bond acceptors (Lipinski definition) is 3. The first-order valence-corrected chi connectivity index (χ1v) is 11.2. The van der Waals surface area contributed by atoms with Crippen molar-refractivity contribution >= 4 is 5.96 Å². The van der Waals surface area contributed by atoms with Crippen molar-refractivity contribution in [2.45, 2.75) is 39.9 Å². The van der Waals surface area contributed by atoms with Crippen molar-refractivity contribution in [1.82, 2.24) is 20.4 Å². The van der Waals surface area contributed by atoms with Crippen LogP contribution in [0, 0.1) is 6.92 Å². The van der Waals surface area contributed by atoms with Gasteiger partial charge in [0.15, 0.2) is 5.96 Å². The van der Waals surface area contributed by atoms with Gasteiger partial charge in [0.05, 0.1) is 6.54 Å². The third-order valence-electron chi connectivity index (χ3n) is 5.71. The Morgan fingerprint density at radius 2 is 1.70 bits per heavy atom. The Morgan fingerprint density at radius 1 is 0.933 bits per heavy atom. The van der Waals surface area contributed by atoms with Crippen LogP contribution in [-0.4, -0.2) is 55.5 Å². The molecule has 0 aromatic heterocycles. The van der Waals surface area contributed by atoms with Crippen LogP contribution in [0.25, 0.3) is 0 Å². The van der Waals surface area contributed by atoms with Crippen LogP contribution in [0.1, 0.15) is 35.6 Å². The van der Waals surface area contributed by atoms with Gasteiger partial charge >= 0.3 is 0 Å². The number of benzene rings is 2. The smallest absolute Gasteiger partial charge is 0.191 e. The van der Waals surface area contributed by atoms with Crippen LogP contribution in [0.4, 0.5) is 0 Å². The molecule has 0 amide bonds. The Bertz CT molecular complexity index is 799. The molecule has 1 fully saturated rings. The molecule has 0 unspecified atom stereocenters. The van der Waals surface area contributed by atoms with Gasteiger partial charge < -0.3 is 15.5 Å². The van der Waals surface area contributed by atoms with Crippen LogP contribution < -0.4 is 10.6 Å². The van der Waals surface area contributed by atoms with Crippen molar-refractivity contribution in [2.24, 2.45) is 4.99 Å². The van der Waals surface area contributed by atoms with E-state index < -0.39 is 0 Å². The van der Waals surface area contributed by atoms with E-state index in [4.69, 9.17) is 4.99 Å². The molecule has 162 valence electrons. The third kappa shape index (κ3) is 7.15. The lowest BCUT2D eigenvalue weighted by Crippen LogP contribution is -2.36. The number of nitrogens with zero attached hydrogens (tertiary/aromatic N) is 3. The van der Waals surface area contributed by atoms with E-state index in [0.717, 1.165) is 38.7 Å². The Balaban J connectivity index is 1.53. The van der Waals surface area contributed by atoms with Gasteiger partial charge in [-0.05, 0) is 62.7 Å². The minimum atomic E-state index is 0.678. The number of guanidine groups is 1. The highest BCUT2D eigenvalue weighted by Crippen LogP contribution is 2.11. The number of rotatable bonds is 7. The van der Waals surface area contributed by atoms with E-state index in [1.165, 1.54) is 41.8 Å². The summed E-state index contributed by atoms with van der Waals surface area (Å²) >= 11 is 0. The fraction of sp³-hybridized carbons (Fsp3) is 0.480. The lowest BCUT2D eigenvalue weighted by molar-refractivity contribution is 0.269. The van der Waals surface area contributed by atoms with E-state index in [2.05, 4.69) is 89.9 Å². The molecule has 0 atom stereocenters. The summed E-state index contributed by atoms with van der Waals surface area (Å²) in [7, 11) is 2.22. The van der Waals surface area contributed by atoms with Crippen LogP contribution in [0.3, 0.4) is 0 Å². The summed E-state index contributed by atoms with van der Waals surface area (Å²) in [6.45, 7) is 12.3. The first-order chi connectivity index (χ1) is 14.6. The maximum absolute atomic E-state index is 4.77. The molecule has 5 nitrogen and oxygen atoms in total. The Labute approximate surface area is 182 Å². The predicted molar refractivity (Wildman–Crippen MR) is 127 cm³/mol. The first kappa shape index (κ1) is 22.3. The number of aryl methyl sites for hydroxylation is 1. The quantitative estimate of drug-likeness (QED) is 0.545. The minimum Gasteiger partial charge on any atom is -0.357 e. The first-order valence-electron chi connectivity index (χ1n) is 11.2. The van der Waals surface area contributed by atoms with Gasteiger partial charge in [-0.25, -0.2) is 4.99 Å². The van der Waals surface area contributed by atoms with Gasteiger partial charge in [-0.1, -0.05) is 48.5 Å². The summed E-state index contributed by atoms with van der Waals surface area (Å²) < 4.78 is 0. The lowest BCUT2D eigenvalue weighted by atomic mass is 10.1. The van der Waals surface area contributed by atoms with E-state index in [1.807, 2.05) is 0 Å². The van der Waals surface area contributed by atoms with Crippen LogP contribution in [0.5, 0.6) is 0 Å². The van der Waals surface area contributed by atoms with Crippen LogP contribution in [0.15, 0.2) is 53.5 Å². The second-order valence-corrected chi connectivity index (χ2v) is 8.22. The molecule has 1 heterocycles. The summed E-state index contributed by atoms with van der Waals surface area (Å²) in [5.41, 5.74) is 5.22. The second-order valence-electron chi connectivity index (χ2n) is 8.22. The summed E-state index contributed by atoms with van der Waals surface area (Å²) in [5.74, 6) is 0.860. The molecule has 30 heavy (non-hydrogen) atoms. The molecule has 0 saturated carbocycles. The monoisotopic (exact) mass is 407 g/mol. The molecule has 2 N–H and O–H groups in total. The Kier molecular flexibility index (Phi) is 8.72. The topological polar surface area (TPSA) is 42.9 Å². The van der Waals surface area contributed by atoms with Gasteiger partial charge in [-0.2, -0.15) is 0 Å². The highest BCUT2D eigenvalue weighted by Gasteiger charge is 2.12. The number of hydrogen-bond donors (Lipinski definition) is 2. The van der Waals surface area contributed by atoms with Crippen molar-refractivity contribution in [3.05, 3.63) is 70.8 Å². The lowest BCUT2D eigenvalue weighted by Gasteiger charge is -2.20. The van der Waals surface area contributed by atoms with Gasteiger partial charge in [0, 0.05) is 32.7 Å². The average molecular weight is 408 g/mol. The zero-order valence-electron chi connectivity index (χ0n) is 18.8. The number of likely N-dealkylation sites (N-methyl/N-ethyl adjacent to an activating group) is 1. The van der Waals surface area contributed by atoms with Crippen molar-refractivity contribution < 1.29 is 0 Å². The molecule has 0 aliphatic carbocycles. The van der Waals surface area contributed by atoms with Gasteiger partial charge in [0.2, 0.25) is 0 Å². The second kappa shape index (κ2) is 11.7. The molecule has 5 heteroatoms. The van der Waals surface area contributed by atoms with Crippen LogP contribution in [-0.2, 0) is 19.6 Å². The van der Waals surface area contributed by atoms with E-state index in [1.54, 1.807) is 0 Å². The molecule has 2 aromatic carbocycles. The molecule has 1 aliphatic heterocycles. The third-order valence-corrected chi connectivity index (χ3v) is 5.71. The fourth-order valence-electron chi connectivity index (χ4n) is 3.77. The van der Waals surface area contributed by atoms with Crippen LogP contribution in [0.2, 0.25) is 0 Å². The maximum Gasteiger partial charge on any atom is 0.191 e. The summed E-state index contributed by atoms with van der Waals surface area (Å²) in [6.07, 6.45) is 1.26. The highest BCUT2D eigenvalue weighted by atomic mass is 15.2. The Hall–Kier alpha value is -2.37. The van der Waals surface area contributed by atoms with Crippen molar-refractivity contribution in [3.63, 3.8) is 0 Å². The van der Waals surface area contributed by atoms with Gasteiger partial charge in [-0.15, -0.1) is 0 Å². The molecule has 3 rings (SSSR count). The molecule has 1 saturated heterocycles. The molecular weight excluding hydrogens is 370 g/mol. The molecule has 1 aliphatic rings. The molecule has 2 aromatic rings. The van der Waals surface area contributed by atoms with E-state index in [9.17, 15) is 0 Å². The van der Waals surface area contributed by atoms with E-state index >= 15 is 0 Å². The highest BCUT2D eigenvalue weighted by molar-refractivity contribution is 5.79. The maximum atomic E-state index is 4.77.